The molecule has 0 radical (unpaired) electrons. The summed E-state index contributed by atoms with van der Waals surface area (Å²) in [5.41, 5.74) is 23.3. The van der Waals surface area contributed by atoms with Gasteiger partial charge in [0, 0.05) is 50.9 Å². The molecule has 11 rings (SSSR count). The zero-order chi connectivity index (χ0) is 52.0. The third-order valence-electron chi connectivity index (χ3n) is 17.7. The van der Waals surface area contributed by atoms with E-state index in [1.807, 2.05) is 0 Å². The predicted molar refractivity (Wildman–Crippen MR) is 317 cm³/mol. The van der Waals surface area contributed by atoms with Crippen molar-refractivity contribution < 1.29 is 0 Å². The lowest BCUT2D eigenvalue weighted by Crippen LogP contribution is -2.62. The van der Waals surface area contributed by atoms with E-state index in [1.165, 1.54) is 114 Å². The number of anilines is 8. The largest absolute Gasteiger partial charge is 0.334 e. The number of benzene rings is 7. The van der Waals surface area contributed by atoms with Crippen molar-refractivity contribution in [3.63, 3.8) is 0 Å². The first-order valence-electron chi connectivity index (χ1n) is 27.5. The third kappa shape index (κ3) is 7.73. The van der Waals surface area contributed by atoms with Crippen molar-refractivity contribution >= 4 is 68.6 Å². The molecule has 7 aromatic rings. The molecule has 2 unspecified atom stereocenters. The Balaban J connectivity index is 1.28. The number of rotatable bonds is 4. The Labute approximate surface area is 440 Å². The molecule has 374 valence electrons. The van der Waals surface area contributed by atoms with Crippen molar-refractivity contribution in [2.75, 3.05) is 14.7 Å². The van der Waals surface area contributed by atoms with Gasteiger partial charge in [-0.25, -0.2) is 0 Å². The van der Waals surface area contributed by atoms with Gasteiger partial charge >= 0.3 is 0 Å². The Morgan fingerprint density at radius 1 is 0.384 bits per heavy atom. The van der Waals surface area contributed by atoms with E-state index in [0.29, 0.717) is 0 Å². The molecule has 2 atom stereocenters. The van der Waals surface area contributed by atoms with Crippen LogP contribution in [0.4, 0.5) is 45.5 Å². The van der Waals surface area contributed by atoms with Crippen LogP contribution in [-0.4, -0.2) is 12.3 Å². The van der Waals surface area contributed by atoms with Gasteiger partial charge < -0.3 is 14.7 Å². The van der Waals surface area contributed by atoms with Gasteiger partial charge in [-0.15, -0.1) is 0 Å². The molecule has 3 nitrogen and oxygen atoms in total. The normalized spacial score (nSPS) is 19.6. The summed E-state index contributed by atoms with van der Waals surface area (Å²) in [6.45, 7) is 37.8. The fraction of sp³-hybridized carbons (Fsp3) is 0.391. The fourth-order valence-electron chi connectivity index (χ4n) is 13.5. The lowest BCUT2D eigenvalue weighted by Gasteiger charge is -2.53. The van der Waals surface area contributed by atoms with Crippen LogP contribution in [-0.2, 0) is 32.5 Å². The lowest BCUT2D eigenvalue weighted by atomic mass is 9.33. The molecule has 4 heteroatoms. The van der Waals surface area contributed by atoms with Crippen LogP contribution in [0.1, 0.15) is 175 Å². The maximum Gasteiger partial charge on any atom is 0.252 e. The SMILES string of the molecule is CC(C)(C)c1ccc(N2c3ccc(C(C)(C)C)cc3B3c4cc(C(C)(C)C)ccc4N(c4ccc(C(C)(C)C)cc4)c4cc(N5c6ccc(C(C)(C)C)cc6C6(c7ccccc7)CCCCC56C)cc2c43)cc1. The van der Waals surface area contributed by atoms with Crippen LogP contribution in [0.2, 0.25) is 0 Å². The number of fused-ring (bicyclic) bond motifs is 7. The van der Waals surface area contributed by atoms with E-state index in [0.717, 1.165) is 12.8 Å². The van der Waals surface area contributed by atoms with Gasteiger partial charge in [0.2, 0.25) is 0 Å². The predicted octanol–water partition coefficient (Wildman–Crippen LogP) is 17.0. The molecule has 0 bridgehead atoms. The molecule has 0 amide bonds. The number of hydrogen-bond acceptors (Lipinski definition) is 3. The molecule has 3 heterocycles. The van der Waals surface area contributed by atoms with Crippen LogP contribution in [0.3, 0.4) is 0 Å². The van der Waals surface area contributed by atoms with E-state index in [4.69, 9.17) is 0 Å². The van der Waals surface area contributed by atoms with Gasteiger partial charge in [-0.1, -0.05) is 208 Å². The zero-order valence-corrected chi connectivity index (χ0v) is 47.1. The molecule has 4 aliphatic rings. The van der Waals surface area contributed by atoms with Crippen molar-refractivity contribution in [3.8, 4) is 0 Å². The maximum absolute atomic E-state index is 2.84. The van der Waals surface area contributed by atoms with Crippen LogP contribution in [0.15, 0.2) is 146 Å². The Hall–Kier alpha value is -6.00. The molecule has 3 aliphatic heterocycles. The van der Waals surface area contributed by atoms with Crippen LogP contribution in [0.5, 0.6) is 0 Å². The average molecular weight is 962 g/mol. The summed E-state index contributed by atoms with van der Waals surface area (Å²) in [6, 6.07) is 58.3. The number of hydrogen-bond donors (Lipinski definition) is 0. The minimum Gasteiger partial charge on any atom is -0.334 e. The molecule has 1 aliphatic carbocycles. The van der Waals surface area contributed by atoms with Gasteiger partial charge in [-0.3, -0.25) is 0 Å². The van der Waals surface area contributed by atoms with E-state index in [9.17, 15) is 0 Å². The summed E-state index contributed by atoms with van der Waals surface area (Å²) in [6.07, 6.45) is 4.58. The quantitative estimate of drug-likeness (QED) is 0.163. The Kier molecular flexibility index (Phi) is 11.1. The van der Waals surface area contributed by atoms with Crippen molar-refractivity contribution in [1.82, 2.24) is 0 Å². The second-order valence-corrected chi connectivity index (χ2v) is 27.7. The highest BCUT2D eigenvalue weighted by Gasteiger charge is 2.61. The summed E-state index contributed by atoms with van der Waals surface area (Å²) in [7, 11) is 0. The van der Waals surface area contributed by atoms with Gasteiger partial charge in [0.25, 0.3) is 6.71 Å². The standard InChI is InChI=1S/C69H80BN3/c1-63(2,3)45-24-31-51(32-25-45)71-58-36-29-49(66(10,11)12)41-55(58)70-56-42-50(67(13,14)15)30-37-59(56)72(52-33-26-46(27-34-52)64(4,5)6)61-44-53(43-60(71)62(61)70)73-57-35-28-48(65(7,8)9)40-54(57)69(47-22-18-17-19-23-47)39-21-20-38-68(69,73)16/h17-19,22-37,40-44H,20-21,38-39H2,1-16H3. The first-order chi connectivity index (χ1) is 34.2. The summed E-state index contributed by atoms with van der Waals surface area (Å²) in [4.78, 5) is 8.12. The van der Waals surface area contributed by atoms with E-state index in [1.54, 1.807) is 0 Å². The molecule has 0 spiro atoms. The van der Waals surface area contributed by atoms with Crippen molar-refractivity contribution in [2.24, 2.45) is 0 Å². The van der Waals surface area contributed by atoms with Crippen LogP contribution >= 0.6 is 0 Å². The smallest absolute Gasteiger partial charge is 0.252 e. The van der Waals surface area contributed by atoms with Crippen LogP contribution in [0.25, 0.3) is 0 Å². The van der Waals surface area contributed by atoms with Crippen molar-refractivity contribution in [3.05, 3.63) is 185 Å². The van der Waals surface area contributed by atoms with E-state index in [2.05, 4.69) is 271 Å². The minimum atomic E-state index is -0.257. The molecular formula is C69H80BN3. The third-order valence-corrected chi connectivity index (χ3v) is 17.7. The molecule has 7 aromatic carbocycles. The maximum atomic E-state index is 2.84. The van der Waals surface area contributed by atoms with Gasteiger partial charge in [0.1, 0.15) is 0 Å². The Morgan fingerprint density at radius 3 is 1.22 bits per heavy atom. The summed E-state index contributed by atoms with van der Waals surface area (Å²) >= 11 is 0. The van der Waals surface area contributed by atoms with Gasteiger partial charge in [-0.05, 0) is 157 Å². The highest BCUT2D eigenvalue weighted by molar-refractivity contribution is 7.00. The van der Waals surface area contributed by atoms with Gasteiger partial charge in [0.15, 0.2) is 0 Å². The highest BCUT2D eigenvalue weighted by atomic mass is 15.3. The van der Waals surface area contributed by atoms with Gasteiger partial charge in [-0.2, -0.15) is 0 Å². The summed E-state index contributed by atoms with van der Waals surface area (Å²) in [5, 5.41) is 0. The van der Waals surface area contributed by atoms with Crippen molar-refractivity contribution in [2.45, 2.75) is 174 Å². The monoisotopic (exact) mass is 962 g/mol. The highest BCUT2D eigenvalue weighted by Crippen LogP contribution is 2.65. The number of nitrogens with zero attached hydrogens (tertiary/aromatic N) is 3. The molecule has 0 saturated heterocycles. The van der Waals surface area contributed by atoms with Gasteiger partial charge in [0.05, 0.1) is 5.54 Å². The van der Waals surface area contributed by atoms with E-state index in [-0.39, 0.29) is 44.7 Å². The summed E-state index contributed by atoms with van der Waals surface area (Å²) < 4.78 is 0. The topological polar surface area (TPSA) is 9.72 Å². The lowest BCUT2D eigenvalue weighted by molar-refractivity contribution is 0.215. The van der Waals surface area contributed by atoms with E-state index < -0.39 is 0 Å². The molecule has 0 N–H and O–H groups in total. The molecule has 1 fully saturated rings. The van der Waals surface area contributed by atoms with E-state index >= 15 is 0 Å². The Bertz CT molecular complexity index is 3130. The first-order valence-corrected chi connectivity index (χ1v) is 27.5. The second-order valence-electron chi connectivity index (χ2n) is 27.7. The molecule has 73 heavy (non-hydrogen) atoms. The first kappa shape index (κ1) is 49.2. The Morgan fingerprint density at radius 2 is 0.781 bits per heavy atom. The fourth-order valence-corrected chi connectivity index (χ4v) is 13.5. The van der Waals surface area contributed by atoms with Crippen LogP contribution in [0, 0.1) is 0 Å². The second kappa shape index (κ2) is 16.5. The van der Waals surface area contributed by atoms with Crippen molar-refractivity contribution in [1.29, 1.82) is 0 Å². The molecular weight excluding hydrogens is 882 g/mol. The summed E-state index contributed by atoms with van der Waals surface area (Å²) in [5.74, 6) is 0. The molecule has 0 aromatic heterocycles. The zero-order valence-electron chi connectivity index (χ0n) is 47.1. The molecule has 1 saturated carbocycles. The van der Waals surface area contributed by atoms with Crippen LogP contribution < -0.4 is 31.1 Å². The average Bonchev–Trinajstić information content (AvgIpc) is 3.57. The minimum absolute atomic E-state index is 0.00210.